The fourth-order valence-electron chi connectivity index (χ4n) is 4.52. The summed E-state index contributed by atoms with van der Waals surface area (Å²) >= 11 is 0. The van der Waals surface area contributed by atoms with E-state index in [4.69, 9.17) is 0 Å². The monoisotopic (exact) mass is 413 g/mol. The molecule has 2 heteroatoms. The van der Waals surface area contributed by atoms with Crippen LogP contribution in [0.4, 0.5) is 0 Å². The van der Waals surface area contributed by atoms with Crippen molar-refractivity contribution < 1.29 is 0 Å². The van der Waals surface area contributed by atoms with E-state index in [0.717, 1.165) is 25.1 Å². The highest BCUT2D eigenvalue weighted by atomic mass is 28.3. The van der Waals surface area contributed by atoms with E-state index in [1.54, 1.807) is 5.19 Å². The molecule has 0 fully saturated rings. The third-order valence-corrected chi connectivity index (χ3v) is 11.3. The van der Waals surface area contributed by atoms with Gasteiger partial charge in [-0.15, -0.1) is 0 Å². The van der Waals surface area contributed by atoms with Crippen molar-refractivity contribution in [3.8, 4) is 0 Å². The van der Waals surface area contributed by atoms with Gasteiger partial charge in [-0.2, -0.15) is 0 Å². The Balaban J connectivity index is 1.66. The summed E-state index contributed by atoms with van der Waals surface area (Å²) in [5.74, 6) is 0. The Bertz CT molecular complexity index is 914. The minimum atomic E-state index is -1.66. The van der Waals surface area contributed by atoms with Crippen molar-refractivity contribution in [1.82, 2.24) is 4.57 Å². The number of benzene rings is 3. The van der Waals surface area contributed by atoms with Crippen molar-refractivity contribution in [3.05, 3.63) is 108 Å². The average Bonchev–Trinajstić information content (AvgIpc) is 2.81. The van der Waals surface area contributed by atoms with Gasteiger partial charge in [-0.1, -0.05) is 118 Å². The Kier molecular flexibility index (Phi) is 7.84. The molecule has 3 aromatic carbocycles. The summed E-state index contributed by atoms with van der Waals surface area (Å²) in [4.78, 5) is 0. The summed E-state index contributed by atoms with van der Waals surface area (Å²) in [6.45, 7) is 13.7. The lowest BCUT2D eigenvalue weighted by Crippen LogP contribution is -2.59. The lowest BCUT2D eigenvalue weighted by molar-refractivity contribution is 0.467. The second-order valence-corrected chi connectivity index (χ2v) is 12.5. The highest BCUT2D eigenvalue weighted by Crippen LogP contribution is 2.23. The molecular formula is C28H35NSi. The van der Waals surface area contributed by atoms with Crippen LogP contribution in [0.5, 0.6) is 0 Å². The Morgan fingerprint density at radius 2 is 1.30 bits per heavy atom. The third-order valence-electron chi connectivity index (χ3n) is 6.41. The molecular weight excluding hydrogens is 378 g/mol. The molecule has 0 N–H and O–H groups in total. The molecule has 0 spiro atoms. The minimum absolute atomic E-state index is 1.09. The van der Waals surface area contributed by atoms with Crippen molar-refractivity contribution in [1.29, 1.82) is 0 Å². The van der Waals surface area contributed by atoms with Gasteiger partial charge in [-0.05, 0) is 53.0 Å². The van der Waals surface area contributed by atoms with E-state index in [9.17, 15) is 0 Å². The van der Waals surface area contributed by atoms with Crippen LogP contribution in [0.3, 0.4) is 0 Å². The van der Waals surface area contributed by atoms with Gasteiger partial charge in [0, 0.05) is 0 Å². The second kappa shape index (κ2) is 10.6. The molecule has 0 bridgehead atoms. The van der Waals surface area contributed by atoms with Crippen LogP contribution in [0.15, 0.2) is 91.5 Å². The van der Waals surface area contributed by atoms with E-state index >= 15 is 0 Å². The Labute approximate surface area is 184 Å². The van der Waals surface area contributed by atoms with Crippen LogP contribution in [0.25, 0.3) is 5.57 Å². The molecule has 1 atom stereocenters. The van der Waals surface area contributed by atoms with Gasteiger partial charge in [0.1, 0.15) is 0 Å². The normalized spacial score (nSPS) is 13.2. The summed E-state index contributed by atoms with van der Waals surface area (Å²) in [5, 5.41) is 1.56. The fraction of sp³-hybridized carbons (Fsp3) is 0.286. The number of hydrogen-bond donors (Lipinski definition) is 0. The number of rotatable bonds is 10. The van der Waals surface area contributed by atoms with Gasteiger partial charge in [0.25, 0.3) is 0 Å². The zero-order valence-corrected chi connectivity index (χ0v) is 19.8. The van der Waals surface area contributed by atoms with Gasteiger partial charge in [0.2, 0.25) is 0 Å². The van der Waals surface area contributed by atoms with Gasteiger partial charge < -0.3 is 4.57 Å². The Morgan fingerprint density at radius 3 is 1.87 bits per heavy atom. The van der Waals surface area contributed by atoms with Crippen molar-refractivity contribution in [2.24, 2.45) is 0 Å². The first-order valence-corrected chi connectivity index (χ1v) is 13.9. The summed E-state index contributed by atoms with van der Waals surface area (Å²) in [6.07, 6.45) is 2.36. The molecule has 0 aliphatic heterocycles. The molecule has 1 nitrogen and oxygen atoms in total. The zero-order valence-electron chi connectivity index (χ0n) is 18.8. The molecule has 1 unspecified atom stereocenters. The van der Waals surface area contributed by atoms with Crippen LogP contribution in [-0.4, -0.2) is 25.9 Å². The van der Waals surface area contributed by atoms with Crippen LogP contribution < -0.4 is 5.19 Å². The smallest absolute Gasteiger partial charge is 0.157 e. The maximum Gasteiger partial charge on any atom is 0.157 e. The molecule has 0 saturated carbocycles. The lowest BCUT2D eigenvalue weighted by atomic mass is 9.98. The molecule has 30 heavy (non-hydrogen) atoms. The summed E-state index contributed by atoms with van der Waals surface area (Å²) in [5.41, 5.74) is 4.90. The molecule has 0 amide bonds. The first-order chi connectivity index (χ1) is 14.6. The number of aryl methyl sites for hydroxylation is 1. The molecule has 156 valence electrons. The molecule has 0 saturated heterocycles. The summed E-state index contributed by atoms with van der Waals surface area (Å²) in [6, 6.07) is 31.9. The Hall–Kier alpha value is -2.42. The largest absolute Gasteiger partial charge is 0.321 e. The first-order valence-electron chi connectivity index (χ1n) is 11.2. The van der Waals surface area contributed by atoms with E-state index in [-0.39, 0.29) is 0 Å². The maximum atomic E-state index is 4.29. The van der Waals surface area contributed by atoms with E-state index in [2.05, 4.69) is 110 Å². The van der Waals surface area contributed by atoms with Crippen molar-refractivity contribution >= 4 is 19.0 Å². The second-order valence-electron chi connectivity index (χ2n) is 8.21. The predicted molar refractivity (Wildman–Crippen MR) is 135 cm³/mol. The van der Waals surface area contributed by atoms with Crippen LogP contribution in [0, 0.1) is 0 Å². The van der Waals surface area contributed by atoms with Gasteiger partial charge in [-0.25, -0.2) is 0 Å². The number of hydrogen-bond acceptors (Lipinski definition) is 1. The third kappa shape index (κ3) is 5.19. The average molecular weight is 414 g/mol. The van der Waals surface area contributed by atoms with E-state index < -0.39 is 8.24 Å². The lowest BCUT2D eigenvalue weighted by Gasteiger charge is -2.39. The van der Waals surface area contributed by atoms with Gasteiger partial charge in [0.15, 0.2) is 8.24 Å². The van der Waals surface area contributed by atoms with Crippen LogP contribution in [-0.2, 0) is 6.42 Å². The summed E-state index contributed by atoms with van der Waals surface area (Å²) in [7, 11) is -1.66. The van der Waals surface area contributed by atoms with Gasteiger partial charge in [-0.3, -0.25) is 0 Å². The van der Waals surface area contributed by atoms with Crippen LogP contribution >= 0.6 is 0 Å². The summed E-state index contributed by atoms with van der Waals surface area (Å²) < 4.78 is 2.73. The van der Waals surface area contributed by atoms with Crippen LogP contribution in [0.1, 0.15) is 37.0 Å². The number of nitrogens with zero attached hydrogens (tertiary/aromatic N) is 1. The highest BCUT2D eigenvalue weighted by molar-refractivity contribution is 6.88. The quantitative estimate of drug-likeness (QED) is 0.343. The van der Waals surface area contributed by atoms with Crippen molar-refractivity contribution in [3.63, 3.8) is 0 Å². The van der Waals surface area contributed by atoms with Gasteiger partial charge in [0.05, 0.1) is 0 Å². The van der Waals surface area contributed by atoms with Gasteiger partial charge >= 0.3 is 0 Å². The van der Waals surface area contributed by atoms with E-state index in [1.807, 2.05) is 6.07 Å². The molecule has 3 rings (SSSR count). The molecule has 3 aromatic rings. The zero-order chi connectivity index (χ0) is 21.4. The first kappa shape index (κ1) is 22.3. The highest BCUT2D eigenvalue weighted by Gasteiger charge is 2.34. The predicted octanol–water partition coefficient (Wildman–Crippen LogP) is 6.51. The fourth-order valence-corrected chi connectivity index (χ4v) is 8.66. The van der Waals surface area contributed by atoms with Crippen LogP contribution in [0.2, 0.25) is 12.6 Å². The minimum Gasteiger partial charge on any atom is -0.321 e. The molecule has 0 aromatic heterocycles. The van der Waals surface area contributed by atoms with E-state index in [0.29, 0.717) is 0 Å². The molecule has 0 heterocycles. The molecule has 0 aliphatic carbocycles. The molecule has 0 radical (unpaired) electrons. The SMILES string of the molecule is C=C(c1ccccc1)c1ccc(CCC[Si](C)(c2ccccc2)N(CC)CC)cc1. The van der Waals surface area contributed by atoms with E-state index in [1.165, 1.54) is 29.2 Å². The standard InChI is InChI=1S/C28H35NSi/c1-5-29(6-2)30(4,28-17-11-8-12-18-28)23-13-14-25-19-21-27(22-20-25)24(3)26-15-9-7-10-16-26/h7-12,15-22H,3,5-6,13-14,23H2,1-2,4H3. The topological polar surface area (TPSA) is 3.24 Å². The maximum absolute atomic E-state index is 4.29. The molecule has 0 aliphatic rings. The van der Waals surface area contributed by atoms with Crippen molar-refractivity contribution in [2.45, 2.75) is 39.3 Å². The van der Waals surface area contributed by atoms with Crippen molar-refractivity contribution in [2.75, 3.05) is 13.1 Å². The Morgan fingerprint density at radius 1 is 0.767 bits per heavy atom.